The summed E-state index contributed by atoms with van der Waals surface area (Å²) < 4.78 is 1.49. The van der Waals surface area contributed by atoms with Gasteiger partial charge in [-0.05, 0) is 30.4 Å². The van der Waals surface area contributed by atoms with Crippen LogP contribution in [0.15, 0.2) is 35.5 Å². The lowest BCUT2D eigenvalue weighted by atomic mass is 10.1. The number of hydrogen-bond acceptors (Lipinski definition) is 7. The SMILES string of the molecule is Nc1ncc(-c2cc3ccn(CCO)c(=O)c3c(NC3CC3)n2)cn1. The number of pyridine rings is 2. The van der Waals surface area contributed by atoms with Crippen LogP contribution in [0.5, 0.6) is 0 Å². The summed E-state index contributed by atoms with van der Waals surface area (Å²) in [5, 5.41) is 13.8. The van der Waals surface area contributed by atoms with Gasteiger partial charge in [-0.2, -0.15) is 0 Å². The third-order valence-corrected chi connectivity index (χ3v) is 4.19. The van der Waals surface area contributed by atoms with Gasteiger partial charge in [-0.3, -0.25) is 4.79 Å². The highest BCUT2D eigenvalue weighted by Gasteiger charge is 2.23. The topological polar surface area (TPSA) is 119 Å². The summed E-state index contributed by atoms with van der Waals surface area (Å²) in [7, 11) is 0. The van der Waals surface area contributed by atoms with E-state index in [9.17, 15) is 4.79 Å². The standard InChI is InChI=1S/C17H18N6O2/c18-17-19-8-11(9-20-17)13-7-10-3-4-23(5-6-24)16(25)14(10)15(22-13)21-12-1-2-12/h3-4,7-9,12,24H,1-2,5-6H2,(H,21,22)(H2,18,19,20). The van der Waals surface area contributed by atoms with E-state index in [-0.39, 0.29) is 24.7 Å². The first kappa shape index (κ1) is 15.5. The van der Waals surface area contributed by atoms with Crippen molar-refractivity contribution in [3.8, 4) is 11.3 Å². The Morgan fingerprint density at radius 1 is 1.32 bits per heavy atom. The molecule has 0 unspecified atom stereocenters. The van der Waals surface area contributed by atoms with Gasteiger partial charge in [-0.25, -0.2) is 15.0 Å². The predicted molar refractivity (Wildman–Crippen MR) is 95.2 cm³/mol. The summed E-state index contributed by atoms with van der Waals surface area (Å²) >= 11 is 0. The Morgan fingerprint density at radius 2 is 2.08 bits per heavy atom. The van der Waals surface area contributed by atoms with Crippen molar-refractivity contribution in [1.29, 1.82) is 0 Å². The first-order valence-electron chi connectivity index (χ1n) is 8.15. The van der Waals surface area contributed by atoms with Crippen LogP contribution in [0, 0.1) is 0 Å². The Labute approximate surface area is 143 Å². The monoisotopic (exact) mass is 338 g/mol. The van der Waals surface area contributed by atoms with E-state index in [1.54, 1.807) is 18.6 Å². The highest BCUT2D eigenvalue weighted by atomic mass is 16.3. The number of hydrogen-bond donors (Lipinski definition) is 3. The van der Waals surface area contributed by atoms with Crippen LogP contribution in [0.4, 0.5) is 11.8 Å². The van der Waals surface area contributed by atoms with E-state index in [2.05, 4.69) is 20.3 Å². The second-order valence-electron chi connectivity index (χ2n) is 6.11. The number of aromatic nitrogens is 4. The highest BCUT2D eigenvalue weighted by molar-refractivity contribution is 5.94. The smallest absolute Gasteiger partial charge is 0.262 e. The fourth-order valence-corrected chi connectivity index (χ4v) is 2.73. The molecule has 1 aliphatic carbocycles. The number of nitrogens with two attached hydrogens (primary N) is 1. The summed E-state index contributed by atoms with van der Waals surface area (Å²) in [6, 6.07) is 4.04. The molecule has 0 atom stereocenters. The number of nitrogens with one attached hydrogen (secondary N) is 1. The Balaban J connectivity index is 1.90. The van der Waals surface area contributed by atoms with Crippen LogP contribution in [0.25, 0.3) is 22.0 Å². The zero-order valence-electron chi connectivity index (χ0n) is 13.5. The lowest BCUT2D eigenvalue weighted by Crippen LogP contribution is -2.22. The number of aliphatic hydroxyl groups is 1. The molecule has 128 valence electrons. The Bertz CT molecular complexity index is 979. The van der Waals surface area contributed by atoms with Crippen molar-refractivity contribution >= 4 is 22.5 Å². The largest absolute Gasteiger partial charge is 0.395 e. The van der Waals surface area contributed by atoms with Crippen LogP contribution in [0.3, 0.4) is 0 Å². The zero-order chi connectivity index (χ0) is 17.4. The number of anilines is 2. The van der Waals surface area contributed by atoms with Crippen LogP contribution >= 0.6 is 0 Å². The third kappa shape index (κ3) is 3.03. The van der Waals surface area contributed by atoms with Gasteiger partial charge in [0.2, 0.25) is 5.95 Å². The molecule has 0 aromatic carbocycles. The molecule has 8 heteroatoms. The van der Waals surface area contributed by atoms with E-state index >= 15 is 0 Å². The van der Waals surface area contributed by atoms with Gasteiger partial charge in [0.05, 0.1) is 17.7 Å². The van der Waals surface area contributed by atoms with Crippen molar-refractivity contribution < 1.29 is 5.11 Å². The van der Waals surface area contributed by atoms with Gasteiger partial charge in [0.25, 0.3) is 5.56 Å². The van der Waals surface area contributed by atoms with Gasteiger partial charge >= 0.3 is 0 Å². The minimum Gasteiger partial charge on any atom is -0.395 e. The van der Waals surface area contributed by atoms with E-state index in [1.807, 2.05) is 12.1 Å². The zero-order valence-corrected chi connectivity index (χ0v) is 13.5. The number of nitrogens with zero attached hydrogens (tertiary/aromatic N) is 4. The summed E-state index contributed by atoms with van der Waals surface area (Å²) in [5.41, 5.74) is 6.79. The first-order chi connectivity index (χ1) is 12.2. The Hall–Kier alpha value is -3.00. The molecule has 3 aromatic rings. The van der Waals surface area contributed by atoms with Crippen LogP contribution in [0.1, 0.15) is 12.8 Å². The van der Waals surface area contributed by atoms with Gasteiger partial charge in [0.15, 0.2) is 0 Å². The van der Waals surface area contributed by atoms with Crippen molar-refractivity contribution in [2.75, 3.05) is 17.7 Å². The van der Waals surface area contributed by atoms with E-state index in [4.69, 9.17) is 10.8 Å². The quantitative estimate of drug-likeness (QED) is 0.635. The van der Waals surface area contributed by atoms with Crippen molar-refractivity contribution in [3.63, 3.8) is 0 Å². The molecule has 4 rings (SSSR count). The molecular weight excluding hydrogens is 320 g/mol. The van der Waals surface area contributed by atoms with Crippen molar-refractivity contribution in [3.05, 3.63) is 41.1 Å². The van der Waals surface area contributed by atoms with Gasteiger partial charge in [-0.15, -0.1) is 0 Å². The molecule has 8 nitrogen and oxygen atoms in total. The van der Waals surface area contributed by atoms with E-state index in [0.29, 0.717) is 22.9 Å². The Kier molecular flexibility index (Phi) is 3.81. The van der Waals surface area contributed by atoms with E-state index in [0.717, 1.165) is 23.8 Å². The molecule has 1 fully saturated rings. The van der Waals surface area contributed by atoms with E-state index < -0.39 is 0 Å². The van der Waals surface area contributed by atoms with Gasteiger partial charge in [0.1, 0.15) is 5.82 Å². The molecule has 0 radical (unpaired) electrons. The predicted octanol–water partition coefficient (Wildman–Crippen LogP) is 1.00. The fourth-order valence-electron chi connectivity index (χ4n) is 2.73. The van der Waals surface area contributed by atoms with Gasteiger partial charge in [-0.1, -0.05) is 0 Å². The number of rotatable bonds is 5. The summed E-state index contributed by atoms with van der Waals surface area (Å²) in [4.78, 5) is 25.4. The van der Waals surface area contributed by atoms with Crippen LogP contribution in [-0.2, 0) is 6.54 Å². The van der Waals surface area contributed by atoms with Crippen molar-refractivity contribution in [1.82, 2.24) is 19.5 Å². The average molecular weight is 338 g/mol. The molecule has 1 aliphatic rings. The second-order valence-corrected chi connectivity index (χ2v) is 6.11. The summed E-state index contributed by atoms with van der Waals surface area (Å²) in [5.74, 6) is 0.761. The molecule has 0 spiro atoms. The molecule has 3 heterocycles. The molecule has 3 aromatic heterocycles. The molecule has 1 saturated carbocycles. The Morgan fingerprint density at radius 3 is 2.76 bits per heavy atom. The highest BCUT2D eigenvalue weighted by Crippen LogP contribution is 2.30. The van der Waals surface area contributed by atoms with Crippen molar-refractivity contribution in [2.24, 2.45) is 0 Å². The van der Waals surface area contributed by atoms with Crippen LogP contribution in [0.2, 0.25) is 0 Å². The maximum atomic E-state index is 12.8. The lowest BCUT2D eigenvalue weighted by molar-refractivity contribution is 0.274. The minimum absolute atomic E-state index is 0.0922. The maximum absolute atomic E-state index is 12.8. The molecule has 25 heavy (non-hydrogen) atoms. The summed E-state index contributed by atoms with van der Waals surface area (Å²) in [6.07, 6.45) is 7.05. The molecular formula is C17H18N6O2. The molecule has 0 aliphatic heterocycles. The molecule has 0 amide bonds. The lowest BCUT2D eigenvalue weighted by Gasteiger charge is -2.12. The maximum Gasteiger partial charge on any atom is 0.262 e. The normalized spacial score (nSPS) is 14.0. The van der Waals surface area contributed by atoms with E-state index in [1.165, 1.54) is 4.57 Å². The average Bonchev–Trinajstić information content (AvgIpc) is 3.42. The first-order valence-corrected chi connectivity index (χ1v) is 8.15. The van der Waals surface area contributed by atoms with Gasteiger partial charge < -0.3 is 20.7 Å². The number of aliphatic hydroxyl groups excluding tert-OH is 1. The van der Waals surface area contributed by atoms with Crippen molar-refractivity contribution in [2.45, 2.75) is 25.4 Å². The number of fused-ring (bicyclic) bond motifs is 1. The third-order valence-electron chi connectivity index (χ3n) is 4.19. The second kappa shape index (κ2) is 6.14. The summed E-state index contributed by atoms with van der Waals surface area (Å²) in [6.45, 7) is 0.163. The fraction of sp³-hybridized carbons (Fsp3) is 0.294. The molecule has 0 bridgehead atoms. The molecule has 4 N–H and O–H groups in total. The van der Waals surface area contributed by atoms with Gasteiger partial charge in [0, 0.05) is 36.7 Å². The minimum atomic E-state index is -0.165. The molecule has 0 saturated heterocycles. The van der Waals surface area contributed by atoms with Crippen LogP contribution < -0.4 is 16.6 Å². The number of nitrogen functional groups attached to an aromatic ring is 1. The van der Waals surface area contributed by atoms with Crippen LogP contribution in [-0.4, -0.2) is 37.3 Å².